The highest BCUT2D eigenvalue weighted by Gasteiger charge is 2.24. The lowest BCUT2D eigenvalue weighted by Crippen LogP contribution is -2.05. The summed E-state index contributed by atoms with van der Waals surface area (Å²) in [4.78, 5) is 16.7. The normalized spacial score (nSPS) is 14.6. The summed E-state index contributed by atoms with van der Waals surface area (Å²) >= 11 is 5.80. The SMILES string of the molecule is Cc1cc(C2=N/C(=C\c3cccc(OCc4ccccc4Br)c3)C(=O)O2)ccc1I. The predicted octanol–water partition coefficient (Wildman–Crippen LogP) is 6.29. The largest absolute Gasteiger partial charge is 0.489 e. The molecule has 1 aliphatic rings. The summed E-state index contributed by atoms with van der Waals surface area (Å²) in [7, 11) is 0. The zero-order valence-corrected chi connectivity index (χ0v) is 19.8. The fraction of sp³-hybridized carbons (Fsp3) is 0.0833. The van der Waals surface area contributed by atoms with Crippen molar-refractivity contribution in [1.82, 2.24) is 0 Å². The number of benzene rings is 3. The minimum absolute atomic E-state index is 0.268. The number of nitrogens with zero attached hydrogens (tertiary/aromatic N) is 1. The minimum atomic E-state index is -0.458. The molecular formula is C24H17BrINO3. The third-order valence-corrected chi connectivity index (χ3v) is 6.52. The second-order valence-electron chi connectivity index (χ2n) is 6.75. The number of esters is 1. The highest BCUT2D eigenvalue weighted by atomic mass is 127. The Kier molecular flexibility index (Phi) is 6.34. The van der Waals surface area contributed by atoms with E-state index < -0.39 is 5.97 Å². The first-order valence-electron chi connectivity index (χ1n) is 9.25. The van der Waals surface area contributed by atoms with E-state index in [2.05, 4.69) is 43.5 Å². The van der Waals surface area contributed by atoms with Crippen molar-refractivity contribution in [1.29, 1.82) is 0 Å². The van der Waals surface area contributed by atoms with E-state index in [1.807, 2.05) is 73.7 Å². The second-order valence-corrected chi connectivity index (χ2v) is 8.77. The van der Waals surface area contributed by atoms with E-state index in [1.165, 1.54) is 0 Å². The first-order chi connectivity index (χ1) is 14.5. The smallest absolute Gasteiger partial charge is 0.363 e. The summed E-state index contributed by atoms with van der Waals surface area (Å²) in [6.07, 6.45) is 1.71. The molecular weight excluding hydrogens is 557 g/mol. The molecule has 30 heavy (non-hydrogen) atoms. The number of aryl methyl sites for hydroxylation is 1. The van der Waals surface area contributed by atoms with Crippen molar-refractivity contribution in [2.24, 2.45) is 4.99 Å². The van der Waals surface area contributed by atoms with E-state index in [9.17, 15) is 4.79 Å². The van der Waals surface area contributed by atoms with E-state index in [0.29, 0.717) is 18.3 Å². The molecule has 0 unspecified atom stereocenters. The number of halogens is 2. The van der Waals surface area contributed by atoms with Crippen molar-refractivity contribution in [2.75, 3.05) is 0 Å². The number of hydrogen-bond donors (Lipinski definition) is 0. The summed E-state index contributed by atoms with van der Waals surface area (Å²) in [5, 5.41) is 0. The maximum absolute atomic E-state index is 12.3. The van der Waals surface area contributed by atoms with Crippen molar-refractivity contribution < 1.29 is 14.3 Å². The van der Waals surface area contributed by atoms with E-state index in [1.54, 1.807) is 6.08 Å². The fourth-order valence-electron chi connectivity index (χ4n) is 2.94. The molecule has 4 rings (SSSR count). The van der Waals surface area contributed by atoms with Gasteiger partial charge in [0.05, 0.1) is 0 Å². The molecule has 0 saturated heterocycles. The topological polar surface area (TPSA) is 47.9 Å². The van der Waals surface area contributed by atoms with Crippen LogP contribution in [0.2, 0.25) is 0 Å². The number of rotatable bonds is 5. The van der Waals surface area contributed by atoms with Gasteiger partial charge in [0.1, 0.15) is 12.4 Å². The number of aliphatic imine (C=N–C) groups is 1. The highest BCUT2D eigenvalue weighted by Crippen LogP contribution is 2.24. The van der Waals surface area contributed by atoms with Crippen LogP contribution in [-0.2, 0) is 16.1 Å². The van der Waals surface area contributed by atoms with E-state index in [0.717, 1.165) is 30.3 Å². The van der Waals surface area contributed by atoms with Crippen molar-refractivity contribution in [2.45, 2.75) is 13.5 Å². The van der Waals surface area contributed by atoms with Gasteiger partial charge in [-0.2, -0.15) is 0 Å². The zero-order valence-electron chi connectivity index (χ0n) is 16.1. The van der Waals surface area contributed by atoms with E-state index in [-0.39, 0.29) is 5.70 Å². The molecule has 0 N–H and O–H groups in total. The molecule has 0 atom stereocenters. The predicted molar refractivity (Wildman–Crippen MR) is 129 cm³/mol. The number of carbonyl (C=O) groups is 1. The van der Waals surface area contributed by atoms with Crippen molar-refractivity contribution in [3.63, 3.8) is 0 Å². The number of hydrogen-bond acceptors (Lipinski definition) is 4. The number of cyclic esters (lactones) is 1. The van der Waals surface area contributed by atoms with Crippen LogP contribution in [0.5, 0.6) is 5.75 Å². The van der Waals surface area contributed by atoms with E-state index >= 15 is 0 Å². The van der Waals surface area contributed by atoms with Gasteiger partial charge in [-0.05, 0) is 83.1 Å². The van der Waals surface area contributed by atoms with Crippen molar-refractivity contribution >= 4 is 56.5 Å². The lowest BCUT2D eigenvalue weighted by molar-refractivity contribution is -0.129. The van der Waals surface area contributed by atoms with Gasteiger partial charge in [-0.25, -0.2) is 9.79 Å². The molecule has 0 radical (unpaired) electrons. The van der Waals surface area contributed by atoms with Gasteiger partial charge in [0.15, 0.2) is 5.70 Å². The average Bonchev–Trinajstić information content (AvgIpc) is 3.10. The molecule has 3 aromatic carbocycles. The molecule has 150 valence electrons. The standard InChI is InChI=1S/C24H17BrINO3/c1-15-11-17(9-10-21(15)26)23-27-22(24(28)30-23)13-16-5-4-7-19(12-16)29-14-18-6-2-3-8-20(18)25/h2-13H,14H2,1H3/b22-13-. The summed E-state index contributed by atoms with van der Waals surface area (Å²) in [6, 6.07) is 21.3. The Hall–Kier alpha value is -2.45. The molecule has 0 amide bonds. The van der Waals surface area contributed by atoms with Gasteiger partial charge in [0, 0.05) is 19.2 Å². The molecule has 0 spiro atoms. The monoisotopic (exact) mass is 573 g/mol. The third-order valence-electron chi connectivity index (χ3n) is 4.54. The Morgan fingerprint density at radius 2 is 1.93 bits per heavy atom. The van der Waals surface area contributed by atoms with Gasteiger partial charge < -0.3 is 9.47 Å². The fourth-order valence-corrected chi connectivity index (χ4v) is 3.67. The van der Waals surface area contributed by atoms with Crippen molar-refractivity contribution in [3.8, 4) is 5.75 Å². The summed E-state index contributed by atoms with van der Waals surface area (Å²) in [5.41, 5.74) is 4.04. The molecule has 4 nitrogen and oxygen atoms in total. The van der Waals surface area contributed by atoms with E-state index in [4.69, 9.17) is 9.47 Å². The van der Waals surface area contributed by atoms with Crippen LogP contribution in [-0.4, -0.2) is 11.9 Å². The van der Waals surface area contributed by atoms with Crippen LogP contribution in [0.1, 0.15) is 22.3 Å². The Bertz CT molecular complexity index is 1190. The molecule has 0 fully saturated rings. The summed E-state index contributed by atoms with van der Waals surface area (Å²) in [6.45, 7) is 2.46. The molecule has 0 aliphatic carbocycles. The molecule has 6 heteroatoms. The summed E-state index contributed by atoms with van der Waals surface area (Å²) < 4.78 is 13.4. The van der Waals surface area contributed by atoms with Gasteiger partial charge in [0.2, 0.25) is 5.90 Å². The van der Waals surface area contributed by atoms with Gasteiger partial charge >= 0.3 is 5.97 Å². The molecule has 3 aromatic rings. The zero-order chi connectivity index (χ0) is 21.1. The molecule has 0 aromatic heterocycles. The Morgan fingerprint density at radius 1 is 1.10 bits per heavy atom. The number of ether oxygens (including phenoxy) is 2. The van der Waals surface area contributed by atoms with Crippen LogP contribution in [0.4, 0.5) is 0 Å². The van der Waals surface area contributed by atoms with Crippen LogP contribution in [0.25, 0.3) is 6.08 Å². The maximum Gasteiger partial charge on any atom is 0.363 e. The third kappa shape index (κ3) is 4.82. The van der Waals surface area contributed by atoms with Crippen LogP contribution < -0.4 is 4.74 Å². The van der Waals surface area contributed by atoms with Crippen LogP contribution >= 0.6 is 38.5 Å². The molecule has 1 heterocycles. The van der Waals surface area contributed by atoms with Crippen LogP contribution in [0.15, 0.2) is 81.9 Å². The second kappa shape index (κ2) is 9.14. The van der Waals surface area contributed by atoms with Gasteiger partial charge in [-0.3, -0.25) is 0 Å². The Labute approximate surface area is 196 Å². The van der Waals surface area contributed by atoms with Crippen LogP contribution in [0.3, 0.4) is 0 Å². The first kappa shape index (κ1) is 20.8. The van der Waals surface area contributed by atoms with Gasteiger partial charge in [-0.15, -0.1) is 0 Å². The highest BCUT2D eigenvalue weighted by molar-refractivity contribution is 14.1. The first-order valence-corrected chi connectivity index (χ1v) is 11.1. The van der Waals surface area contributed by atoms with Crippen LogP contribution in [0, 0.1) is 10.5 Å². The maximum atomic E-state index is 12.3. The lowest BCUT2D eigenvalue weighted by atomic mass is 10.1. The quantitative estimate of drug-likeness (QED) is 0.205. The molecule has 1 aliphatic heterocycles. The molecule has 0 saturated carbocycles. The van der Waals surface area contributed by atoms with Gasteiger partial charge in [0.25, 0.3) is 0 Å². The Balaban J connectivity index is 1.53. The molecule has 0 bridgehead atoms. The minimum Gasteiger partial charge on any atom is -0.489 e. The Morgan fingerprint density at radius 3 is 2.73 bits per heavy atom. The average molecular weight is 574 g/mol. The summed E-state index contributed by atoms with van der Waals surface area (Å²) in [5.74, 6) is 0.580. The van der Waals surface area contributed by atoms with Gasteiger partial charge in [-0.1, -0.05) is 46.3 Å². The lowest BCUT2D eigenvalue weighted by Gasteiger charge is -2.08. The number of carbonyl (C=O) groups excluding carboxylic acids is 1. The van der Waals surface area contributed by atoms with Crippen molar-refractivity contribution in [3.05, 3.63) is 103 Å².